The number of aliphatic hydroxyl groups excluding tert-OH is 1. The van der Waals surface area contributed by atoms with Crippen molar-refractivity contribution in [2.45, 2.75) is 59.1 Å². The van der Waals surface area contributed by atoms with Crippen LogP contribution in [0.5, 0.6) is 0 Å². The van der Waals surface area contributed by atoms with Gasteiger partial charge in [0.15, 0.2) is 0 Å². The van der Waals surface area contributed by atoms with E-state index in [0.29, 0.717) is 5.92 Å². The van der Waals surface area contributed by atoms with Crippen molar-refractivity contribution < 1.29 is 5.11 Å². The molecule has 0 aliphatic rings. The third kappa shape index (κ3) is 4.96. The predicted octanol–water partition coefficient (Wildman–Crippen LogP) is 2.21. The molecule has 19 heavy (non-hydrogen) atoms. The lowest BCUT2D eigenvalue weighted by Gasteiger charge is -2.18. The highest BCUT2D eigenvalue weighted by Gasteiger charge is 2.21. The van der Waals surface area contributed by atoms with Crippen molar-refractivity contribution in [1.29, 1.82) is 0 Å². The Hall–Kier alpha value is -0.870. The van der Waals surface area contributed by atoms with E-state index in [1.165, 1.54) is 5.56 Å². The topological polar surface area (TPSA) is 50.1 Å². The van der Waals surface area contributed by atoms with Gasteiger partial charge >= 0.3 is 0 Å². The van der Waals surface area contributed by atoms with Gasteiger partial charge in [0.1, 0.15) is 0 Å². The molecule has 0 radical (unpaired) electrons. The Labute approximate surface area is 117 Å². The van der Waals surface area contributed by atoms with Gasteiger partial charge < -0.3 is 10.4 Å². The third-order valence-electron chi connectivity index (χ3n) is 3.32. The number of aryl methyl sites for hydroxylation is 1. The molecule has 0 aromatic carbocycles. The first-order valence-electron chi connectivity index (χ1n) is 7.13. The average Bonchev–Trinajstić information content (AvgIpc) is 2.65. The van der Waals surface area contributed by atoms with E-state index >= 15 is 0 Å². The smallest absolute Gasteiger partial charge is 0.0722 e. The fourth-order valence-corrected chi connectivity index (χ4v) is 2.10. The van der Waals surface area contributed by atoms with Gasteiger partial charge in [-0.1, -0.05) is 34.6 Å². The maximum Gasteiger partial charge on any atom is 0.0722 e. The van der Waals surface area contributed by atoms with Crippen molar-refractivity contribution in [2.75, 3.05) is 6.54 Å². The average molecular weight is 267 g/mol. The highest BCUT2D eigenvalue weighted by molar-refractivity contribution is 5.23. The SMILES string of the molecule is CC(C)C(O)CCNCc1cn(C)nc1C(C)(C)C. The van der Waals surface area contributed by atoms with Crippen LogP contribution in [0.25, 0.3) is 0 Å². The van der Waals surface area contributed by atoms with Gasteiger partial charge in [0, 0.05) is 30.8 Å². The molecule has 0 aliphatic carbocycles. The largest absolute Gasteiger partial charge is 0.393 e. The molecule has 0 fully saturated rings. The Morgan fingerprint density at radius 1 is 1.37 bits per heavy atom. The summed E-state index contributed by atoms with van der Waals surface area (Å²) in [5.74, 6) is 0.324. The third-order valence-corrected chi connectivity index (χ3v) is 3.32. The van der Waals surface area contributed by atoms with E-state index in [0.717, 1.165) is 25.2 Å². The molecule has 1 heterocycles. The Kier molecular flexibility index (Phi) is 5.56. The zero-order chi connectivity index (χ0) is 14.6. The molecule has 0 bridgehead atoms. The van der Waals surface area contributed by atoms with Gasteiger partial charge in [0.05, 0.1) is 11.8 Å². The van der Waals surface area contributed by atoms with E-state index in [2.05, 4.69) is 37.4 Å². The van der Waals surface area contributed by atoms with E-state index in [1.54, 1.807) is 0 Å². The molecule has 0 saturated heterocycles. The summed E-state index contributed by atoms with van der Waals surface area (Å²) in [5, 5.41) is 17.7. The van der Waals surface area contributed by atoms with E-state index < -0.39 is 0 Å². The molecule has 4 heteroatoms. The van der Waals surface area contributed by atoms with Crippen LogP contribution in [0.15, 0.2) is 6.20 Å². The van der Waals surface area contributed by atoms with Crippen molar-refractivity contribution >= 4 is 0 Å². The van der Waals surface area contributed by atoms with E-state index in [-0.39, 0.29) is 11.5 Å². The summed E-state index contributed by atoms with van der Waals surface area (Å²) in [7, 11) is 1.96. The molecule has 0 amide bonds. The van der Waals surface area contributed by atoms with Crippen LogP contribution in [0.4, 0.5) is 0 Å². The minimum absolute atomic E-state index is 0.0652. The van der Waals surface area contributed by atoms with Gasteiger partial charge in [0.25, 0.3) is 0 Å². The lowest BCUT2D eigenvalue weighted by Crippen LogP contribution is -2.24. The quantitative estimate of drug-likeness (QED) is 0.777. The van der Waals surface area contributed by atoms with Crippen LogP contribution in [-0.4, -0.2) is 27.5 Å². The number of aromatic nitrogens is 2. The highest BCUT2D eigenvalue weighted by atomic mass is 16.3. The molecular weight excluding hydrogens is 238 g/mol. The van der Waals surface area contributed by atoms with Gasteiger partial charge in [-0.3, -0.25) is 4.68 Å². The normalized spacial score (nSPS) is 14.1. The lowest BCUT2D eigenvalue weighted by atomic mass is 9.89. The van der Waals surface area contributed by atoms with Crippen molar-refractivity contribution in [3.63, 3.8) is 0 Å². The maximum atomic E-state index is 9.76. The number of nitrogens with zero attached hydrogens (tertiary/aromatic N) is 2. The summed E-state index contributed by atoms with van der Waals surface area (Å²) in [5.41, 5.74) is 2.45. The van der Waals surface area contributed by atoms with Crippen LogP contribution in [0, 0.1) is 5.92 Å². The second-order valence-corrected chi connectivity index (χ2v) is 6.70. The Balaban J connectivity index is 2.50. The molecule has 1 unspecified atom stereocenters. The Bertz CT molecular complexity index is 391. The Morgan fingerprint density at radius 3 is 2.53 bits per heavy atom. The van der Waals surface area contributed by atoms with Crippen LogP contribution < -0.4 is 5.32 Å². The summed E-state index contributed by atoms with van der Waals surface area (Å²) in [6, 6.07) is 0. The summed E-state index contributed by atoms with van der Waals surface area (Å²) in [6.45, 7) is 12.3. The molecule has 1 rings (SSSR count). The fraction of sp³-hybridized carbons (Fsp3) is 0.800. The molecule has 1 atom stereocenters. The summed E-state index contributed by atoms with van der Waals surface area (Å²) >= 11 is 0. The molecule has 110 valence electrons. The van der Waals surface area contributed by atoms with Gasteiger partial charge in [-0.2, -0.15) is 5.10 Å². The number of nitrogens with one attached hydrogen (secondary N) is 1. The first-order valence-corrected chi connectivity index (χ1v) is 7.13. The minimum Gasteiger partial charge on any atom is -0.393 e. The zero-order valence-electron chi connectivity index (χ0n) is 13.2. The second-order valence-electron chi connectivity index (χ2n) is 6.70. The molecule has 0 spiro atoms. The fourth-order valence-electron chi connectivity index (χ4n) is 2.10. The second kappa shape index (κ2) is 6.53. The molecule has 1 aromatic heterocycles. The van der Waals surface area contributed by atoms with Crippen LogP contribution >= 0.6 is 0 Å². The predicted molar refractivity (Wildman–Crippen MR) is 79.1 cm³/mol. The van der Waals surface area contributed by atoms with Crippen LogP contribution in [0.2, 0.25) is 0 Å². The van der Waals surface area contributed by atoms with Crippen LogP contribution in [0.1, 0.15) is 52.3 Å². The molecular formula is C15H29N3O. The summed E-state index contributed by atoms with van der Waals surface area (Å²) in [4.78, 5) is 0. The molecule has 1 aromatic rings. The summed E-state index contributed by atoms with van der Waals surface area (Å²) in [6.07, 6.45) is 2.65. The van der Waals surface area contributed by atoms with Crippen molar-refractivity contribution in [3.05, 3.63) is 17.5 Å². The van der Waals surface area contributed by atoms with Gasteiger partial charge in [-0.05, 0) is 18.9 Å². The van der Waals surface area contributed by atoms with Gasteiger partial charge in [0.2, 0.25) is 0 Å². The number of hydrogen-bond donors (Lipinski definition) is 2. The molecule has 2 N–H and O–H groups in total. The lowest BCUT2D eigenvalue weighted by molar-refractivity contribution is 0.116. The van der Waals surface area contributed by atoms with Crippen molar-refractivity contribution in [3.8, 4) is 0 Å². The monoisotopic (exact) mass is 267 g/mol. The van der Waals surface area contributed by atoms with Crippen LogP contribution in [0.3, 0.4) is 0 Å². The minimum atomic E-state index is -0.219. The van der Waals surface area contributed by atoms with Gasteiger partial charge in [-0.15, -0.1) is 0 Å². The first kappa shape index (κ1) is 16.2. The molecule has 0 saturated carbocycles. The zero-order valence-corrected chi connectivity index (χ0v) is 13.2. The Morgan fingerprint density at radius 2 is 2.00 bits per heavy atom. The van der Waals surface area contributed by atoms with Crippen LogP contribution in [-0.2, 0) is 19.0 Å². The van der Waals surface area contributed by atoms with E-state index in [4.69, 9.17) is 0 Å². The number of hydrogen-bond acceptors (Lipinski definition) is 3. The van der Waals surface area contributed by atoms with E-state index in [1.807, 2.05) is 25.6 Å². The standard InChI is InChI=1S/C15H29N3O/c1-11(2)13(19)7-8-16-9-12-10-18(6)17-14(12)15(3,4)5/h10-11,13,16,19H,7-9H2,1-6H3. The maximum absolute atomic E-state index is 9.76. The molecule has 0 aliphatic heterocycles. The first-order chi connectivity index (χ1) is 8.71. The molecule has 4 nitrogen and oxygen atoms in total. The van der Waals surface area contributed by atoms with E-state index in [9.17, 15) is 5.11 Å². The number of rotatable bonds is 6. The number of aliphatic hydroxyl groups is 1. The van der Waals surface area contributed by atoms with Gasteiger partial charge in [-0.25, -0.2) is 0 Å². The van der Waals surface area contributed by atoms with Crippen molar-refractivity contribution in [1.82, 2.24) is 15.1 Å². The summed E-state index contributed by atoms with van der Waals surface area (Å²) < 4.78 is 1.88. The highest BCUT2D eigenvalue weighted by Crippen LogP contribution is 2.23. The van der Waals surface area contributed by atoms with Crippen molar-refractivity contribution in [2.24, 2.45) is 13.0 Å².